The number of piperidine rings is 1. The van der Waals surface area contributed by atoms with Gasteiger partial charge in [-0.2, -0.15) is 0 Å². The summed E-state index contributed by atoms with van der Waals surface area (Å²) in [5.41, 5.74) is 2.58. The quantitative estimate of drug-likeness (QED) is 0.0880. The second-order valence-electron chi connectivity index (χ2n) is 14.7. The van der Waals surface area contributed by atoms with Crippen molar-refractivity contribution in [2.24, 2.45) is 11.8 Å². The Bertz CT molecular complexity index is 1170. The topological polar surface area (TPSA) is 129 Å². The Labute approximate surface area is 295 Å². The van der Waals surface area contributed by atoms with Crippen molar-refractivity contribution >= 4 is 31.5 Å². The lowest BCUT2D eigenvalue weighted by Gasteiger charge is -2.45. The summed E-state index contributed by atoms with van der Waals surface area (Å²) >= 11 is 0. The number of carbonyl (C=O) groups is 4. The van der Waals surface area contributed by atoms with Crippen LogP contribution >= 0.6 is 0 Å². The summed E-state index contributed by atoms with van der Waals surface area (Å²) < 4.78 is 22.1. The van der Waals surface area contributed by atoms with Gasteiger partial charge in [-0.3, -0.25) is 19.2 Å². The molecule has 1 saturated carbocycles. The number of amides is 1. The van der Waals surface area contributed by atoms with Crippen molar-refractivity contribution in [1.29, 1.82) is 0 Å². The maximum Gasteiger partial charge on any atom is 0.326 e. The number of methoxy groups -OCH3 is 2. The van der Waals surface area contributed by atoms with Gasteiger partial charge in [-0.25, -0.2) is 0 Å². The molecule has 10 nitrogen and oxygen atoms in total. The highest BCUT2D eigenvalue weighted by Gasteiger charge is 2.54. The first-order valence-corrected chi connectivity index (χ1v) is 18.7. The van der Waals surface area contributed by atoms with Gasteiger partial charge >= 0.3 is 14.0 Å². The standard InChI is InChI=1S/C38H62BNO9/c1-26(20-21-30(41)16-8-6-14-27(2)23-29-15-12-17-31(25-29)46-4)13-7-9-19-33-34(47-5)24-28(3)38(45,48-33)35(42)36(43)40-22-11-10-18-32(40)37(44)49-39/h20,23,28-29,31-34,45H,6-19,21-22,24-25,39H2,1-5H3/b26-20+,27-23+/t28-,29+,31+,32+,33-,34+,38-/m1/s1. The molecular weight excluding hydrogens is 625 g/mol. The molecule has 3 fully saturated rings. The summed E-state index contributed by atoms with van der Waals surface area (Å²) in [4.78, 5) is 52.9. The average molecular weight is 688 g/mol. The van der Waals surface area contributed by atoms with Gasteiger partial charge in [-0.15, -0.1) is 0 Å². The van der Waals surface area contributed by atoms with E-state index in [2.05, 4.69) is 13.0 Å². The van der Waals surface area contributed by atoms with Gasteiger partial charge in [0.25, 0.3) is 11.7 Å². The molecule has 0 spiro atoms. The van der Waals surface area contributed by atoms with Gasteiger partial charge in [-0.1, -0.05) is 43.1 Å². The lowest BCUT2D eigenvalue weighted by Crippen LogP contribution is -2.62. The fourth-order valence-electron chi connectivity index (χ4n) is 7.69. The minimum Gasteiger partial charge on any atom is -0.542 e. The first-order chi connectivity index (χ1) is 23.4. The molecule has 0 aromatic carbocycles. The second-order valence-corrected chi connectivity index (χ2v) is 14.7. The predicted octanol–water partition coefficient (Wildman–Crippen LogP) is 5.33. The van der Waals surface area contributed by atoms with Crippen LogP contribution < -0.4 is 0 Å². The Morgan fingerprint density at radius 3 is 2.35 bits per heavy atom. The van der Waals surface area contributed by atoms with Crippen molar-refractivity contribution in [2.45, 2.75) is 160 Å². The molecule has 1 aliphatic carbocycles. The predicted molar refractivity (Wildman–Crippen MR) is 190 cm³/mol. The number of Topliss-reactive ketones (excluding diaryl/α,β-unsaturated/α-hetero) is 2. The normalized spacial score (nSPS) is 29.8. The van der Waals surface area contributed by atoms with Crippen molar-refractivity contribution in [3.05, 3.63) is 23.3 Å². The van der Waals surface area contributed by atoms with Crippen LogP contribution in [0.4, 0.5) is 0 Å². The number of unbranched alkanes of at least 4 members (excludes halogenated alkanes) is 2. The summed E-state index contributed by atoms with van der Waals surface area (Å²) in [5, 5.41) is 11.5. The smallest absolute Gasteiger partial charge is 0.326 e. The van der Waals surface area contributed by atoms with Crippen LogP contribution in [0.3, 0.4) is 0 Å². The molecule has 0 aromatic heterocycles. The Hall–Kier alpha value is -2.34. The van der Waals surface area contributed by atoms with Crippen LogP contribution in [-0.2, 0) is 38.0 Å². The van der Waals surface area contributed by atoms with Crippen LogP contribution in [0.25, 0.3) is 0 Å². The molecule has 3 rings (SSSR count). The fraction of sp³-hybridized carbons (Fsp3) is 0.789. The number of allylic oxidation sites excluding steroid dienone is 4. The molecule has 11 heteroatoms. The van der Waals surface area contributed by atoms with E-state index >= 15 is 0 Å². The van der Waals surface area contributed by atoms with Crippen molar-refractivity contribution < 1.29 is 43.1 Å². The van der Waals surface area contributed by atoms with Crippen LogP contribution in [0.1, 0.15) is 130 Å². The molecule has 0 radical (unpaired) electrons. The third-order valence-electron chi connectivity index (χ3n) is 10.8. The van der Waals surface area contributed by atoms with Gasteiger partial charge in [0, 0.05) is 39.5 Å². The SMILES string of the molecule is BOC(=O)[C@@H]1CCCCN1C(=O)C(=O)[C@]1(O)O[C@H](CCCC/C(C)=C/CC(=O)CCCC/C(C)=C/[C@@H]2CCC[C@H](OC)C2)[C@@H](OC)C[C@H]1C. The lowest BCUT2D eigenvalue weighted by molar-refractivity contribution is -0.286. The molecule has 1 amide bonds. The molecule has 0 aromatic rings. The van der Waals surface area contributed by atoms with Gasteiger partial charge < -0.3 is 28.9 Å². The van der Waals surface area contributed by atoms with E-state index in [9.17, 15) is 24.3 Å². The fourth-order valence-corrected chi connectivity index (χ4v) is 7.69. The molecule has 1 N–H and O–H groups in total. The summed E-state index contributed by atoms with van der Waals surface area (Å²) in [6, 6.07) is -0.848. The molecule has 0 unspecified atom stereocenters. The number of hydrogen-bond donors (Lipinski definition) is 1. The number of ether oxygens (including phenoxy) is 3. The van der Waals surface area contributed by atoms with Crippen LogP contribution in [0.5, 0.6) is 0 Å². The second kappa shape index (κ2) is 20.5. The number of nitrogens with zero attached hydrogens (tertiary/aromatic N) is 1. The van der Waals surface area contributed by atoms with Gasteiger partial charge in [0.2, 0.25) is 5.79 Å². The zero-order chi connectivity index (χ0) is 36.0. The average Bonchev–Trinajstić information content (AvgIpc) is 3.11. The maximum atomic E-state index is 13.5. The molecule has 0 bridgehead atoms. The Morgan fingerprint density at radius 2 is 1.63 bits per heavy atom. The lowest BCUT2D eigenvalue weighted by atomic mass is 9.84. The highest BCUT2D eigenvalue weighted by Crippen LogP contribution is 2.37. The molecular formula is C38H62BNO9. The van der Waals surface area contributed by atoms with E-state index in [1.165, 1.54) is 37.8 Å². The summed E-state index contributed by atoms with van der Waals surface area (Å²) in [6.45, 7) is 6.17. The van der Waals surface area contributed by atoms with Crippen LogP contribution in [0.2, 0.25) is 0 Å². The van der Waals surface area contributed by atoms with Crippen molar-refractivity contribution in [3.8, 4) is 0 Å². The first-order valence-electron chi connectivity index (χ1n) is 18.7. The van der Waals surface area contributed by atoms with Gasteiger partial charge in [0.1, 0.15) is 11.8 Å². The monoisotopic (exact) mass is 687 g/mol. The van der Waals surface area contributed by atoms with Gasteiger partial charge in [0.05, 0.1) is 18.3 Å². The Kier molecular flexibility index (Phi) is 17.2. The number of ketones is 2. The molecule has 49 heavy (non-hydrogen) atoms. The van der Waals surface area contributed by atoms with E-state index in [-0.39, 0.29) is 18.4 Å². The van der Waals surface area contributed by atoms with Crippen molar-refractivity contribution in [1.82, 2.24) is 4.90 Å². The Morgan fingerprint density at radius 1 is 0.918 bits per heavy atom. The minimum absolute atomic E-state index is 0.241. The van der Waals surface area contributed by atoms with Crippen LogP contribution in [0.15, 0.2) is 23.3 Å². The number of carbonyl (C=O) groups excluding carboxylic acids is 4. The van der Waals surface area contributed by atoms with E-state index in [0.717, 1.165) is 56.9 Å². The highest BCUT2D eigenvalue weighted by molar-refractivity contribution is 6.39. The van der Waals surface area contributed by atoms with Crippen LogP contribution in [-0.4, -0.2) is 92.4 Å². The van der Waals surface area contributed by atoms with Crippen molar-refractivity contribution in [2.75, 3.05) is 20.8 Å². The first kappa shape index (κ1) is 41.1. The van der Waals surface area contributed by atoms with Crippen molar-refractivity contribution in [3.63, 3.8) is 0 Å². The van der Waals surface area contributed by atoms with E-state index in [4.69, 9.17) is 18.9 Å². The molecule has 2 aliphatic heterocycles. The van der Waals surface area contributed by atoms with Crippen LogP contribution in [0, 0.1) is 11.8 Å². The molecule has 7 atom stereocenters. The number of likely N-dealkylation sites (tertiary alicyclic amines) is 1. The molecule has 276 valence electrons. The van der Waals surface area contributed by atoms with Gasteiger partial charge in [0.15, 0.2) is 0 Å². The summed E-state index contributed by atoms with van der Waals surface area (Å²) in [5.74, 6) is -4.64. The molecule has 3 aliphatic rings. The van der Waals surface area contributed by atoms with E-state index in [1.807, 2.05) is 20.1 Å². The third kappa shape index (κ3) is 12.1. The highest BCUT2D eigenvalue weighted by atomic mass is 16.7. The van der Waals surface area contributed by atoms with Gasteiger partial charge in [-0.05, 0) is 103 Å². The number of hydrogen-bond acceptors (Lipinski definition) is 9. The minimum atomic E-state index is -2.30. The van der Waals surface area contributed by atoms with E-state index in [0.29, 0.717) is 50.5 Å². The zero-order valence-electron chi connectivity index (χ0n) is 31.0. The maximum absolute atomic E-state index is 13.5. The largest absolute Gasteiger partial charge is 0.542 e. The number of aliphatic hydroxyl groups is 1. The third-order valence-corrected chi connectivity index (χ3v) is 10.8. The zero-order valence-corrected chi connectivity index (χ0v) is 31.0. The van der Waals surface area contributed by atoms with E-state index in [1.54, 1.807) is 14.0 Å². The summed E-state index contributed by atoms with van der Waals surface area (Å²) in [7, 11) is 4.64. The summed E-state index contributed by atoms with van der Waals surface area (Å²) in [6.07, 6.45) is 17.9. The number of rotatable bonds is 18. The molecule has 2 heterocycles. The van der Waals surface area contributed by atoms with E-state index < -0.39 is 41.5 Å². The Balaban J connectivity index is 1.40. The molecule has 2 saturated heterocycles.